The SMILES string of the molecule is CCNC1COCC1CN(CC)CC1CC1. The molecule has 1 N–H and O–H groups in total. The molecule has 94 valence electrons. The Balaban J connectivity index is 1.76. The van der Waals surface area contributed by atoms with Crippen LogP contribution < -0.4 is 5.32 Å². The van der Waals surface area contributed by atoms with Crippen LogP contribution in [0.25, 0.3) is 0 Å². The number of hydrogen-bond donors (Lipinski definition) is 1. The average Bonchev–Trinajstić information content (AvgIpc) is 3.00. The maximum atomic E-state index is 5.60. The van der Waals surface area contributed by atoms with E-state index in [4.69, 9.17) is 4.74 Å². The van der Waals surface area contributed by atoms with E-state index < -0.39 is 0 Å². The van der Waals surface area contributed by atoms with Gasteiger partial charge in [-0.2, -0.15) is 0 Å². The second kappa shape index (κ2) is 5.99. The Morgan fingerprint density at radius 3 is 2.62 bits per heavy atom. The zero-order chi connectivity index (χ0) is 11.4. The summed E-state index contributed by atoms with van der Waals surface area (Å²) in [7, 11) is 0. The molecule has 1 saturated heterocycles. The fraction of sp³-hybridized carbons (Fsp3) is 1.00. The largest absolute Gasteiger partial charge is 0.379 e. The van der Waals surface area contributed by atoms with E-state index in [0.29, 0.717) is 12.0 Å². The molecule has 1 saturated carbocycles. The van der Waals surface area contributed by atoms with Crippen LogP contribution in [0.3, 0.4) is 0 Å². The van der Waals surface area contributed by atoms with Gasteiger partial charge >= 0.3 is 0 Å². The van der Waals surface area contributed by atoms with Crippen molar-refractivity contribution < 1.29 is 4.74 Å². The van der Waals surface area contributed by atoms with Crippen molar-refractivity contribution in [1.82, 2.24) is 10.2 Å². The summed E-state index contributed by atoms with van der Waals surface area (Å²) in [5.41, 5.74) is 0. The highest BCUT2D eigenvalue weighted by atomic mass is 16.5. The van der Waals surface area contributed by atoms with Gasteiger partial charge in [0.25, 0.3) is 0 Å². The molecule has 3 heteroatoms. The fourth-order valence-corrected chi connectivity index (χ4v) is 2.60. The highest BCUT2D eigenvalue weighted by molar-refractivity contribution is 4.85. The van der Waals surface area contributed by atoms with Gasteiger partial charge in [0, 0.05) is 25.0 Å². The minimum absolute atomic E-state index is 0.582. The average molecular weight is 226 g/mol. The Morgan fingerprint density at radius 2 is 2.00 bits per heavy atom. The van der Waals surface area contributed by atoms with Gasteiger partial charge in [0.15, 0.2) is 0 Å². The summed E-state index contributed by atoms with van der Waals surface area (Å²) in [4.78, 5) is 2.61. The van der Waals surface area contributed by atoms with Gasteiger partial charge in [-0.15, -0.1) is 0 Å². The molecule has 0 spiro atoms. The second-order valence-electron chi connectivity index (χ2n) is 5.26. The number of ether oxygens (including phenoxy) is 1. The van der Waals surface area contributed by atoms with Gasteiger partial charge in [-0.05, 0) is 31.8 Å². The van der Waals surface area contributed by atoms with Gasteiger partial charge in [0.2, 0.25) is 0 Å². The van der Waals surface area contributed by atoms with Crippen molar-refractivity contribution >= 4 is 0 Å². The third kappa shape index (κ3) is 3.44. The molecule has 0 bridgehead atoms. The summed E-state index contributed by atoms with van der Waals surface area (Å²) >= 11 is 0. The summed E-state index contributed by atoms with van der Waals surface area (Å²) in [6.45, 7) is 11.1. The Bertz CT molecular complexity index is 206. The maximum Gasteiger partial charge on any atom is 0.0623 e. The quantitative estimate of drug-likeness (QED) is 0.709. The van der Waals surface area contributed by atoms with E-state index in [9.17, 15) is 0 Å². The van der Waals surface area contributed by atoms with Crippen LogP contribution in [0.4, 0.5) is 0 Å². The minimum atomic E-state index is 0.582. The predicted octanol–water partition coefficient (Wildman–Crippen LogP) is 1.34. The van der Waals surface area contributed by atoms with Crippen LogP contribution in [0, 0.1) is 11.8 Å². The molecule has 0 amide bonds. The fourth-order valence-electron chi connectivity index (χ4n) is 2.60. The third-order valence-corrected chi connectivity index (χ3v) is 3.82. The zero-order valence-corrected chi connectivity index (χ0v) is 10.7. The lowest BCUT2D eigenvalue weighted by Crippen LogP contribution is -2.42. The zero-order valence-electron chi connectivity index (χ0n) is 10.7. The van der Waals surface area contributed by atoms with Crippen molar-refractivity contribution in [1.29, 1.82) is 0 Å². The van der Waals surface area contributed by atoms with Crippen molar-refractivity contribution in [2.24, 2.45) is 11.8 Å². The lowest BCUT2D eigenvalue weighted by Gasteiger charge is -2.26. The lowest BCUT2D eigenvalue weighted by molar-refractivity contribution is 0.167. The molecule has 0 radical (unpaired) electrons. The van der Waals surface area contributed by atoms with E-state index in [-0.39, 0.29) is 0 Å². The number of rotatable bonds is 7. The highest BCUT2D eigenvalue weighted by Gasteiger charge is 2.30. The third-order valence-electron chi connectivity index (χ3n) is 3.82. The van der Waals surface area contributed by atoms with E-state index in [2.05, 4.69) is 24.1 Å². The molecule has 1 aliphatic heterocycles. The van der Waals surface area contributed by atoms with Crippen molar-refractivity contribution in [2.75, 3.05) is 39.4 Å². The first-order chi connectivity index (χ1) is 7.83. The molecule has 2 fully saturated rings. The van der Waals surface area contributed by atoms with Crippen molar-refractivity contribution in [3.05, 3.63) is 0 Å². The highest BCUT2D eigenvalue weighted by Crippen LogP contribution is 2.30. The van der Waals surface area contributed by atoms with Crippen LogP contribution in [-0.2, 0) is 4.74 Å². The standard InChI is InChI=1S/C13H26N2O/c1-3-14-13-10-16-9-12(13)8-15(4-2)7-11-5-6-11/h11-14H,3-10H2,1-2H3. The first-order valence-corrected chi connectivity index (χ1v) is 6.87. The number of nitrogens with one attached hydrogen (secondary N) is 1. The van der Waals surface area contributed by atoms with Crippen LogP contribution in [0.5, 0.6) is 0 Å². The van der Waals surface area contributed by atoms with E-state index in [1.54, 1.807) is 0 Å². The molecule has 0 aromatic heterocycles. The molecular weight excluding hydrogens is 200 g/mol. The summed E-state index contributed by atoms with van der Waals surface area (Å²) in [5.74, 6) is 1.69. The van der Waals surface area contributed by atoms with Crippen LogP contribution in [0.15, 0.2) is 0 Å². The number of nitrogens with zero attached hydrogens (tertiary/aromatic N) is 1. The number of likely N-dealkylation sites (N-methyl/N-ethyl adjacent to an activating group) is 1. The smallest absolute Gasteiger partial charge is 0.0623 e. The van der Waals surface area contributed by atoms with Gasteiger partial charge < -0.3 is 15.0 Å². The second-order valence-corrected chi connectivity index (χ2v) is 5.26. The molecule has 2 rings (SSSR count). The van der Waals surface area contributed by atoms with Crippen LogP contribution >= 0.6 is 0 Å². The molecule has 2 aliphatic rings. The molecule has 0 aromatic rings. The summed E-state index contributed by atoms with van der Waals surface area (Å²) in [6.07, 6.45) is 2.91. The minimum Gasteiger partial charge on any atom is -0.379 e. The molecule has 0 aromatic carbocycles. The Morgan fingerprint density at radius 1 is 1.19 bits per heavy atom. The Hall–Kier alpha value is -0.120. The van der Waals surface area contributed by atoms with Gasteiger partial charge in [-0.3, -0.25) is 0 Å². The van der Waals surface area contributed by atoms with Gasteiger partial charge in [-0.25, -0.2) is 0 Å². The molecule has 1 aliphatic carbocycles. The molecular formula is C13H26N2O. The first kappa shape index (κ1) is 12.3. The van der Waals surface area contributed by atoms with Gasteiger partial charge in [0.1, 0.15) is 0 Å². The number of hydrogen-bond acceptors (Lipinski definition) is 3. The van der Waals surface area contributed by atoms with Gasteiger partial charge in [-0.1, -0.05) is 13.8 Å². The van der Waals surface area contributed by atoms with Crippen LogP contribution in [0.2, 0.25) is 0 Å². The van der Waals surface area contributed by atoms with Crippen molar-refractivity contribution in [3.8, 4) is 0 Å². The van der Waals surface area contributed by atoms with E-state index >= 15 is 0 Å². The molecule has 2 atom stereocenters. The Labute approximate surface area is 99.5 Å². The molecule has 3 nitrogen and oxygen atoms in total. The van der Waals surface area contributed by atoms with Crippen LogP contribution in [-0.4, -0.2) is 50.3 Å². The summed E-state index contributed by atoms with van der Waals surface area (Å²) in [6, 6.07) is 0.582. The normalized spacial score (nSPS) is 30.2. The summed E-state index contributed by atoms with van der Waals surface area (Å²) < 4.78 is 5.60. The molecule has 1 heterocycles. The molecule has 2 unspecified atom stereocenters. The first-order valence-electron chi connectivity index (χ1n) is 6.87. The lowest BCUT2D eigenvalue weighted by atomic mass is 10.0. The maximum absolute atomic E-state index is 5.60. The van der Waals surface area contributed by atoms with Crippen molar-refractivity contribution in [2.45, 2.75) is 32.7 Å². The predicted molar refractivity (Wildman–Crippen MR) is 66.6 cm³/mol. The van der Waals surface area contributed by atoms with Gasteiger partial charge in [0.05, 0.1) is 13.2 Å². The van der Waals surface area contributed by atoms with E-state index in [1.165, 1.54) is 32.5 Å². The van der Waals surface area contributed by atoms with Crippen LogP contribution in [0.1, 0.15) is 26.7 Å². The Kier molecular flexibility index (Phi) is 4.62. The monoisotopic (exact) mass is 226 g/mol. The van der Waals surface area contributed by atoms with E-state index in [1.807, 2.05) is 0 Å². The van der Waals surface area contributed by atoms with Crippen molar-refractivity contribution in [3.63, 3.8) is 0 Å². The molecule has 16 heavy (non-hydrogen) atoms. The summed E-state index contributed by atoms with van der Waals surface area (Å²) in [5, 5.41) is 3.54. The topological polar surface area (TPSA) is 24.5 Å². The van der Waals surface area contributed by atoms with E-state index in [0.717, 1.165) is 25.7 Å².